The van der Waals surface area contributed by atoms with E-state index >= 15 is 0 Å². The van der Waals surface area contributed by atoms with Gasteiger partial charge in [0.25, 0.3) is 0 Å². The lowest BCUT2D eigenvalue weighted by Gasteiger charge is -2.55. The summed E-state index contributed by atoms with van der Waals surface area (Å²) in [4.78, 5) is 2.59. The number of rotatable bonds is 30. The van der Waals surface area contributed by atoms with Crippen LogP contribution in [0, 0.1) is 5.41 Å². The fraction of sp³-hybridized carbons (Fsp3) is 1.00. The molecule has 12 heteroatoms. The number of aliphatic hydroxyl groups excluding tert-OH is 5. The van der Waals surface area contributed by atoms with Crippen LogP contribution in [0.3, 0.4) is 0 Å². The average molecular weight is 765 g/mol. The van der Waals surface area contributed by atoms with Crippen molar-refractivity contribution in [3.63, 3.8) is 0 Å². The summed E-state index contributed by atoms with van der Waals surface area (Å²) in [6.07, 6.45) is 22.1. The third-order valence-corrected chi connectivity index (χ3v) is 11.9. The molecular weight excluding hydrogens is 685 g/mol. The van der Waals surface area contributed by atoms with Crippen molar-refractivity contribution in [3.8, 4) is 0 Å². The van der Waals surface area contributed by atoms with E-state index in [0.29, 0.717) is 11.8 Å². The summed E-state index contributed by atoms with van der Waals surface area (Å²) in [5.41, 5.74) is 6.57. The molecule has 0 radical (unpaired) electrons. The zero-order valence-electron chi connectivity index (χ0n) is 33.1. The van der Waals surface area contributed by atoms with Crippen LogP contribution in [0.1, 0.15) is 148 Å². The van der Waals surface area contributed by atoms with Crippen molar-refractivity contribution in [2.24, 2.45) is 11.1 Å². The first-order valence-electron chi connectivity index (χ1n) is 21.1. The number of ether oxygens (including phenoxy) is 3. The van der Waals surface area contributed by atoms with Crippen molar-refractivity contribution in [3.05, 3.63) is 0 Å². The van der Waals surface area contributed by atoms with Gasteiger partial charge in [-0.2, -0.15) is 0 Å². The quantitative estimate of drug-likeness (QED) is 0.0555. The van der Waals surface area contributed by atoms with Gasteiger partial charge in [-0.15, -0.1) is 0 Å². The molecule has 8 unspecified atom stereocenters. The summed E-state index contributed by atoms with van der Waals surface area (Å²) in [5.74, 6) is 0.891. The second-order valence-electron chi connectivity index (χ2n) is 16.1. The van der Waals surface area contributed by atoms with E-state index in [4.69, 9.17) is 19.9 Å². The zero-order chi connectivity index (χ0) is 38.0. The molecule has 0 aliphatic carbocycles. The number of hydrogen-bond donors (Lipinski definition) is 6. The lowest BCUT2D eigenvalue weighted by Crippen LogP contribution is -2.65. The van der Waals surface area contributed by atoms with E-state index < -0.39 is 60.3 Å². The van der Waals surface area contributed by atoms with Crippen LogP contribution in [0.4, 0.5) is 0 Å². The molecule has 3 aliphatic rings. The van der Waals surface area contributed by atoms with Gasteiger partial charge in [0.15, 0.2) is 6.29 Å². The highest BCUT2D eigenvalue weighted by Gasteiger charge is 2.48. The van der Waals surface area contributed by atoms with Gasteiger partial charge < -0.3 is 50.4 Å². The Morgan fingerprint density at radius 3 is 1.75 bits per heavy atom. The van der Waals surface area contributed by atoms with Crippen LogP contribution in [0.25, 0.3) is 0 Å². The molecule has 3 rings (SSSR count). The van der Waals surface area contributed by atoms with Crippen molar-refractivity contribution in [2.75, 3.05) is 58.1 Å². The van der Waals surface area contributed by atoms with Gasteiger partial charge in [0, 0.05) is 41.3 Å². The van der Waals surface area contributed by atoms with Gasteiger partial charge in [0.05, 0.1) is 38.6 Å². The average Bonchev–Trinajstić information content (AvgIpc) is 3.09. The molecule has 3 fully saturated rings. The topological polar surface area (TPSA) is 175 Å². The van der Waals surface area contributed by atoms with Crippen LogP contribution in [0.5, 0.6) is 0 Å². The lowest BCUT2D eigenvalue weighted by atomic mass is 9.78. The minimum Gasteiger partial charge on any atom is -0.394 e. The highest BCUT2D eigenvalue weighted by Crippen LogP contribution is 2.37. The number of nitrogens with zero attached hydrogens (tertiary/aromatic N) is 1. The van der Waals surface area contributed by atoms with Gasteiger partial charge in [0.1, 0.15) is 24.4 Å². The maximum Gasteiger partial charge on any atom is 0.186 e. The molecular formula is C40H80N2O9S. The fourth-order valence-electron chi connectivity index (χ4n) is 7.44. The van der Waals surface area contributed by atoms with Crippen molar-refractivity contribution in [2.45, 2.75) is 191 Å². The van der Waals surface area contributed by atoms with Crippen LogP contribution < -0.4 is 5.73 Å². The van der Waals surface area contributed by atoms with E-state index in [2.05, 4.69) is 11.8 Å². The molecule has 3 saturated heterocycles. The molecule has 52 heavy (non-hydrogen) atoms. The van der Waals surface area contributed by atoms with E-state index in [1.165, 1.54) is 135 Å². The van der Waals surface area contributed by atoms with Gasteiger partial charge in [-0.25, -0.2) is 0 Å². The van der Waals surface area contributed by atoms with Crippen LogP contribution in [-0.4, -0.2) is 136 Å². The van der Waals surface area contributed by atoms with E-state index in [0.717, 1.165) is 38.2 Å². The van der Waals surface area contributed by atoms with E-state index in [1.807, 2.05) is 0 Å². The molecule has 0 saturated carbocycles. The number of likely N-dealkylation sites (tertiary alicyclic amines) is 1. The van der Waals surface area contributed by atoms with Gasteiger partial charge in [-0.05, 0) is 25.8 Å². The molecule has 0 aromatic carbocycles. The van der Waals surface area contributed by atoms with E-state index in [-0.39, 0.29) is 6.61 Å². The molecule has 310 valence electrons. The third kappa shape index (κ3) is 20.1. The standard InChI is InChI=1S/C24H49NO7.C16H31NO2S/c1-2-3-4-5-6-7-8-9-10-11-12-13-14-15-19(27)18(25)17-31-24-23(30)22(29)21(28)20(16-26)32-24;1-20(18)11-9-7-5-3-2-4-6-8-10-17-12-16(13-17)14-19-15-16/h18-24,26-30H,2-17,25H2,1H3;2-15H2,1H3. The Hall–Kier alpha value is -0.250. The van der Waals surface area contributed by atoms with Crippen LogP contribution in [0.2, 0.25) is 0 Å². The first kappa shape index (κ1) is 47.9. The minimum absolute atomic E-state index is 0.0672. The Morgan fingerprint density at radius 1 is 0.769 bits per heavy atom. The molecule has 3 heterocycles. The molecule has 0 aromatic rings. The highest BCUT2D eigenvalue weighted by atomic mass is 32.2. The Morgan fingerprint density at radius 2 is 1.27 bits per heavy atom. The van der Waals surface area contributed by atoms with E-state index in [1.54, 1.807) is 6.26 Å². The number of unbranched alkanes of at least 4 members (excludes halogenated alkanes) is 19. The second kappa shape index (κ2) is 29.1. The Balaban J connectivity index is 0.000000399. The van der Waals surface area contributed by atoms with Crippen molar-refractivity contribution < 1.29 is 44.0 Å². The molecule has 11 nitrogen and oxygen atoms in total. The molecule has 0 aromatic heterocycles. The van der Waals surface area contributed by atoms with Crippen molar-refractivity contribution in [1.29, 1.82) is 0 Å². The summed E-state index contributed by atoms with van der Waals surface area (Å²) in [7, 11) is -0.592. The largest absolute Gasteiger partial charge is 0.394 e. The van der Waals surface area contributed by atoms with Crippen LogP contribution in [-0.2, 0) is 25.0 Å². The lowest BCUT2D eigenvalue weighted by molar-refractivity contribution is -0.302. The first-order valence-corrected chi connectivity index (χ1v) is 22.8. The van der Waals surface area contributed by atoms with Crippen LogP contribution in [0.15, 0.2) is 0 Å². The summed E-state index contributed by atoms with van der Waals surface area (Å²) < 4.78 is 26.9. The maximum atomic E-state index is 10.9. The predicted molar refractivity (Wildman–Crippen MR) is 210 cm³/mol. The molecule has 7 N–H and O–H groups in total. The zero-order valence-corrected chi connectivity index (χ0v) is 33.9. The van der Waals surface area contributed by atoms with Crippen molar-refractivity contribution >= 4 is 10.8 Å². The highest BCUT2D eigenvalue weighted by molar-refractivity contribution is 7.84. The maximum absolute atomic E-state index is 10.9. The Kier molecular flexibility index (Phi) is 26.8. The van der Waals surface area contributed by atoms with Gasteiger partial charge >= 0.3 is 0 Å². The Bertz CT molecular complexity index is 876. The number of aliphatic hydroxyl groups is 5. The SMILES string of the molecule is CCCCCCCCCCCCCCCC(O)C(N)COC1OC(CO)C(O)C(O)C1O.CS(=O)CCCCCCCCCCN1CC2(COC2)C1. The van der Waals surface area contributed by atoms with Gasteiger partial charge in [-0.1, -0.05) is 129 Å². The monoisotopic (exact) mass is 765 g/mol. The molecule has 0 amide bonds. The van der Waals surface area contributed by atoms with Gasteiger partial charge in [0.2, 0.25) is 0 Å². The fourth-order valence-corrected chi connectivity index (χ4v) is 8.05. The smallest absolute Gasteiger partial charge is 0.186 e. The molecule has 8 atom stereocenters. The number of nitrogens with two attached hydrogens (primary N) is 1. The third-order valence-electron chi connectivity index (χ3n) is 11.0. The first-order chi connectivity index (χ1) is 25.1. The summed E-state index contributed by atoms with van der Waals surface area (Å²) in [5, 5.41) is 49.0. The van der Waals surface area contributed by atoms with Gasteiger partial charge in [-0.3, -0.25) is 4.21 Å². The molecule has 0 bridgehead atoms. The van der Waals surface area contributed by atoms with Crippen molar-refractivity contribution in [1.82, 2.24) is 4.90 Å². The predicted octanol–water partition coefficient (Wildman–Crippen LogP) is 4.79. The summed E-state index contributed by atoms with van der Waals surface area (Å²) in [6, 6.07) is -0.653. The van der Waals surface area contributed by atoms with Crippen LogP contribution >= 0.6 is 0 Å². The normalized spacial score (nSPS) is 25.9. The minimum atomic E-state index is -1.49. The second-order valence-corrected chi connectivity index (χ2v) is 17.7. The molecule has 1 spiro atoms. The molecule has 3 aliphatic heterocycles. The summed E-state index contributed by atoms with van der Waals surface area (Å²) >= 11 is 0. The summed E-state index contributed by atoms with van der Waals surface area (Å²) in [6.45, 7) is 7.55. The van der Waals surface area contributed by atoms with E-state index in [9.17, 15) is 29.7 Å². The number of hydrogen-bond acceptors (Lipinski definition) is 11. The Labute approximate surface area is 319 Å².